The molecule has 0 saturated heterocycles. The van der Waals surface area contributed by atoms with Crippen LogP contribution < -0.4 is 0 Å². The minimum atomic E-state index is -0.545. The molecule has 0 aliphatic rings. The highest BCUT2D eigenvalue weighted by molar-refractivity contribution is 5.70. The first kappa shape index (κ1) is 59.6. The van der Waals surface area contributed by atoms with Gasteiger partial charge in [-0.25, -0.2) is 0 Å². The van der Waals surface area contributed by atoms with E-state index < -0.39 is 6.10 Å². The van der Waals surface area contributed by atoms with Crippen LogP contribution in [0.5, 0.6) is 0 Å². The number of rotatable bonds is 49. The van der Waals surface area contributed by atoms with Crippen molar-refractivity contribution in [1.82, 2.24) is 0 Å². The molecule has 1 atom stereocenters. The number of ether oxygens (including phenoxy) is 3. The van der Waals surface area contributed by atoms with E-state index >= 15 is 0 Å². The van der Waals surface area contributed by atoms with Crippen LogP contribution in [0.1, 0.15) is 265 Å². The summed E-state index contributed by atoms with van der Waals surface area (Å²) in [4.78, 5) is 25.4. The van der Waals surface area contributed by atoms with Crippen molar-refractivity contribution in [2.45, 2.75) is 271 Å². The van der Waals surface area contributed by atoms with Crippen LogP contribution in [-0.4, -0.2) is 37.9 Å². The van der Waals surface area contributed by atoms with Crippen LogP contribution in [-0.2, 0) is 23.8 Å². The molecule has 0 fully saturated rings. The van der Waals surface area contributed by atoms with Gasteiger partial charge in [0.1, 0.15) is 6.61 Å². The van der Waals surface area contributed by atoms with E-state index in [1.54, 1.807) is 0 Å². The highest BCUT2D eigenvalue weighted by Gasteiger charge is 2.17. The average molecular weight is 867 g/mol. The molecule has 62 heavy (non-hydrogen) atoms. The lowest BCUT2D eigenvalue weighted by molar-refractivity contribution is -0.163. The number of carbonyl (C=O) groups excluding carboxylic acids is 2. The van der Waals surface area contributed by atoms with E-state index in [0.29, 0.717) is 19.4 Å². The molecule has 0 amide bonds. The molecule has 0 radical (unpaired) electrons. The van der Waals surface area contributed by atoms with Gasteiger partial charge in [0.25, 0.3) is 0 Å². The second kappa shape index (κ2) is 52.9. The Morgan fingerprint density at radius 2 is 0.742 bits per heavy atom. The number of esters is 2. The largest absolute Gasteiger partial charge is 0.462 e. The smallest absolute Gasteiger partial charge is 0.306 e. The van der Waals surface area contributed by atoms with Crippen LogP contribution in [0.3, 0.4) is 0 Å². The van der Waals surface area contributed by atoms with Gasteiger partial charge in [-0.05, 0) is 96.3 Å². The van der Waals surface area contributed by atoms with Crippen molar-refractivity contribution in [3.8, 4) is 0 Å². The molecule has 5 nitrogen and oxygen atoms in total. The Balaban J connectivity index is 4.26. The third kappa shape index (κ3) is 50.2. The highest BCUT2D eigenvalue weighted by Crippen LogP contribution is 2.14. The van der Waals surface area contributed by atoms with E-state index in [0.717, 1.165) is 77.0 Å². The summed E-state index contributed by atoms with van der Waals surface area (Å²) < 4.78 is 17.4. The second-order valence-corrected chi connectivity index (χ2v) is 17.7. The fourth-order valence-electron chi connectivity index (χ4n) is 7.50. The molecule has 0 aromatic rings. The van der Waals surface area contributed by atoms with Gasteiger partial charge >= 0.3 is 11.9 Å². The number of hydrogen-bond donors (Lipinski definition) is 0. The topological polar surface area (TPSA) is 61.8 Å². The van der Waals surface area contributed by atoms with Gasteiger partial charge in [-0.15, -0.1) is 0 Å². The maximum atomic E-state index is 12.8. The third-order valence-electron chi connectivity index (χ3n) is 11.5. The summed E-state index contributed by atoms with van der Waals surface area (Å²) in [5.41, 5.74) is 0. The molecule has 0 aliphatic carbocycles. The Bertz CT molecular complexity index is 1070. The summed E-state index contributed by atoms with van der Waals surface area (Å²) in [6, 6.07) is 0. The van der Waals surface area contributed by atoms with Crippen molar-refractivity contribution < 1.29 is 23.8 Å². The second-order valence-electron chi connectivity index (χ2n) is 17.7. The summed E-state index contributed by atoms with van der Waals surface area (Å²) in [6.45, 7) is 7.68. The average Bonchev–Trinajstić information content (AvgIpc) is 3.27. The Morgan fingerprint density at radius 1 is 0.371 bits per heavy atom. The van der Waals surface area contributed by atoms with Gasteiger partial charge in [-0.3, -0.25) is 9.59 Å². The van der Waals surface area contributed by atoms with Gasteiger partial charge in [0.2, 0.25) is 0 Å². The first-order valence-electron chi connectivity index (χ1n) is 26.8. The molecule has 360 valence electrons. The summed E-state index contributed by atoms with van der Waals surface area (Å²) in [7, 11) is 0. The molecule has 0 rings (SSSR count). The molecule has 0 spiro atoms. The van der Waals surface area contributed by atoms with Gasteiger partial charge in [-0.2, -0.15) is 0 Å². The summed E-state index contributed by atoms with van der Waals surface area (Å²) in [5, 5.41) is 0. The summed E-state index contributed by atoms with van der Waals surface area (Å²) >= 11 is 0. The predicted molar refractivity (Wildman–Crippen MR) is 270 cm³/mol. The van der Waals surface area contributed by atoms with Gasteiger partial charge in [0, 0.05) is 19.4 Å². The Labute approximate surface area is 385 Å². The molecular formula is C57H102O5. The molecular weight excluding hydrogens is 765 g/mol. The lowest BCUT2D eigenvalue weighted by Gasteiger charge is -2.18. The lowest BCUT2D eigenvalue weighted by Crippen LogP contribution is -2.30. The maximum Gasteiger partial charge on any atom is 0.306 e. The van der Waals surface area contributed by atoms with Gasteiger partial charge in [0.15, 0.2) is 6.10 Å². The van der Waals surface area contributed by atoms with Crippen LogP contribution in [0.2, 0.25) is 0 Å². The summed E-state index contributed by atoms with van der Waals surface area (Å²) in [5.74, 6) is -0.410. The first-order valence-corrected chi connectivity index (χ1v) is 26.8. The Morgan fingerprint density at radius 3 is 1.23 bits per heavy atom. The van der Waals surface area contributed by atoms with E-state index in [4.69, 9.17) is 14.2 Å². The molecule has 0 aliphatic heterocycles. The minimum absolute atomic E-state index is 0.0761. The number of hydrogen-bond acceptors (Lipinski definition) is 5. The third-order valence-corrected chi connectivity index (χ3v) is 11.5. The van der Waals surface area contributed by atoms with Crippen LogP contribution in [0.15, 0.2) is 60.8 Å². The zero-order valence-corrected chi connectivity index (χ0v) is 41.4. The van der Waals surface area contributed by atoms with Crippen molar-refractivity contribution in [2.75, 3.05) is 19.8 Å². The van der Waals surface area contributed by atoms with Gasteiger partial charge < -0.3 is 14.2 Å². The Hall–Kier alpha value is -2.40. The quantitative estimate of drug-likeness (QED) is 0.0346. The maximum absolute atomic E-state index is 12.8. The van der Waals surface area contributed by atoms with E-state index in [1.807, 2.05) is 0 Å². The number of unbranched alkanes of at least 4 members (excludes halogenated alkanes) is 28. The molecule has 0 aromatic carbocycles. The van der Waals surface area contributed by atoms with Crippen molar-refractivity contribution in [3.63, 3.8) is 0 Å². The predicted octanol–water partition coefficient (Wildman–Crippen LogP) is 18.1. The lowest BCUT2D eigenvalue weighted by atomic mass is 10.1. The number of allylic oxidation sites excluding steroid dienone is 10. The monoisotopic (exact) mass is 867 g/mol. The molecule has 0 heterocycles. The summed E-state index contributed by atoms with van der Waals surface area (Å²) in [6.07, 6.45) is 66.6. The molecule has 0 bridgehead atoms. The van der Waals surface area contributed by atoms with E-state index in [9.17, 15) is 9.59 Å². The van der Waals surface area contributed by atoms with Crippen LogP contribution in [0, 0.1) is 0 Å². The van der Waals surface area contributed by atoms with Crippen molar-refractivity contribution in [1.29, 1.82) is 0 Å². The molecule has 0 saturated carbocycles. The fourth-order valence-corrected chi connectivity index (χ4v) is 7.50. The highest BCUT2D eigenvalue weighted by atomic mass is 16.6. The van der Waals surface area contributed by atoms with Crippen molar-refractivity contribution in [3.05, 3.63) is 60.8 Å². The standard InChI is InChI=1S/C57H102O5/c1-4-7-10-13-16-19-22-25-27-29-31-33-35-38-41-44-47-50-56(58)61-54-55(53-60-52-49-46-43-40-37-24-21-18-15-12-9-6-3)62-57(59)51-48-45-42-39-36-34-32-30-28-26-23-20-17-14-11-8-5-2/h7,10,15-16,18-19,25-28,55H,4-6,8-9,11-14,17,20-24,29-54H2,1-3H3/b10-7-,18-15-,19-16-,27-25-,28-26-. The van der Waals surface area contributed by atoms with E-state index in [2.05, 4.69) is 81.5 Å². The SMILES string of the molecule is CC/C=C\C/C=C\C/C=C\CCCCCCCCCC(=O)OCC(COCCCCCCCC/C=C\CCCC)OC(=O)CCCCCCCCC/C=C\CCCCCCCC. The van der Waals surface area contributed by atoms with Crippen molar-refractivity contribution >= 4 is 11.9 Å². The van der Waals surface area contributed by atoms with Crippen LogP contribution >= 0.6 is 0 Å². The fraction of sp³-hybridized carbons (Fsp3) is 0.789. The van der Waals surface area contributed by atoms with Crippen LogP contribution in [0.4, 0.5) is 0 Å². The van der Waals surface area contributed by atoms with Crippen molar-refractivity contribution in [2.24, 2.45) is 0 Å². The zero-order chi connectivity index (χ0) is 44.9. The van der Waals surface area contributed by atoms with Gasteiger partial charge in [-0.1, -0.05) is 216 Å². The number of carbonyl (C=O) groups is 2. The molecule has 0 N–H and O–H groups in total. The molecule has 0 aromatic heterocycles. The normalized spacial score (nSPS) is 12.6. The minimum Gasteiger partial charge on any atom is -0.462 e. The Kier molecular flexibility index (Phi) is 50.9. The van der Waals surface area contributed by atoms with Crippen LogP contribution in [0.25, 0.3) is 0 Å². The van der Waals surface area contributed by atoms with E-state index in [-0.39, 0.29) is 25.2 Å². The zero-order valence-electron chi connectivity index (χ0n) is 41.4. The molecule has 1 unspecified atom stereocenters. The first-order chi connectivity index (χ1) is 30.6. The molecule has 5 heteroatoms. The van der Waals surface area contributed by atoms with Gasteiger partial charge in [0.05, 0.1) is 6.61 Å². The van der Waals surface area contributed by atoms with E-state index in [1.165, 1.54) is 154 Å².